The number of nitrogens with two attached hydrogens (primary N) is 1. The first kappa shape index (κ1) is 10.8. The molecular weight excluding hydrogens is 208 g/mol. The second kappa shape index (κ2) is 4.03. The van der Waals surface area contributed by atoms with Gasteiger partial charge in [-0.15, -0.1) is 0 Å². The second-order valence-corrected chi connectivity index (χ2v) is 4.87. The molecule has 3 heteroatoms. The molecule has 0 fully saturated rings. The molecule has 1 aliphatic heterocycles. The minimum Gasteiger partial charge on any atom is -0.374 e. The van der Waals surface area contributed by atoms with Crippen molar-refractivity contribution in [3.63, 3.8) is 0 Å². The Morgan fingerprint density at radius 2 is 2.33 bits per heavy atom. The molecule has 2 rings (SSSR count). The summed E-state index contributed by atoms with van der Waals surface area (Å²) < 4.78 is 0. The van der Waals surface area contributed by atoms with Gasteiger partial charge in [0.05, 0.1) is 0 Å². The summed E-state index contributed by atoms with van der Waals surface area (Å²) in [5.74, 6) is 0.485. The summed E-state index contributed by atoms with van der Waals surface area (Å²) in [5.41, 5.74) is 8.40. The van der Waals surface area contributed by atoms with Gasteiger partial charge in [-0.3, -0.25) is 0 Å². The number of rotatable bonds is 2. The molecule has 1 heterocycles. The van der Waals surface area contributed by atoms with E-state index in [0.717, 1.165) is 18.0 Å². The molecule has 0 amide bonds. The lowest BCUT2D eigenvalue weighted by Crippen LogP contribution is -2.22. The van der Waals surface area contributed by atoms with Gasteiger partial charge in [-0.05, 0) is 31.0 Å². The number of anilines is 1. The van der Waals surface area contributed by atoms with Crippen molar-refractivity contribution in [2.45, 2.75) is 25.3 Å². The summed E-state index contributed by atoms with van der Waals surface area (Å²) >= 11 is 6.25. The van der Waals surface area contributed by atoms with Crippen LogP contribution in [0.25, 0.3) is 0 Å². The molecule has 0 aliphatic carbocycles. The molecule has 1 aliphatic rings. The molecule has 1 aromatic carbocycles. The van der Waals surface area contributed by atoms with Crippen molar-refractivity contribution in [2.24, 2.45) is 5.73 Å². The van der Waals surface area contributed by atoms with Gasteiger partial charge in [0.15, 0.2) is 0 Å². The van der Waals surface area contributed by atoms with Crippen molar-refractivity contribution in [3.05, 3.63) is 28.8 Å². The van der Waals surface area contributed by atoms with Gasteiger partial charge in [-0.25, -0.2) is 0 Å². The van der Waals surface area contributed by atoms with Crippen molar-refractivity contribution < 1.29 is 0 Å². The van der Waals surface area contributed by atoms with E-state index in [0.29, 0.717) is 5.92 Å². The van der Waals surface area contributed by atoms with Crippen molar-refractivity contribution >= 4 is 17.3 Å². The SMILES string of the molecule is CC(N)CC1CN(C)c2cccc(Cl)c21. The highest BCUT2D eigenvalue weighted by Crippen LogP contribution is 2.41. The first-order valence-corrected chi connectivity index (χ1v) is 5.72. The molecule has 2 nitrogen and oxygen atoms in total. The number of nitrogens with zero attached hydrogens (tertiary/aromatic N) is 1. The third-order valence-electron chi connectivity index (χ3n) is 3.00. The first-order chi connectivity index (χ1) is 7.09. The zero-order valence-corrected chi connectivity index (χ0v) is 9.96. The van der Waals surface area contributed by atoms with Crippen LogP contribution in [0, 0.1) is 0 Å². The Balaban J connectivity index is 2.35. The molecule has 0 aromatic heterocycles. The Labute approximate surface area is 96.0 Å². The quantitative estimate of drug-likeness (QED) is 0.837. The Bertz CT molecular complexity index is 361. The highest BCUT2D eigenvalue weighted by atomic mass is 35.5. The average molecular weight is 225 g/mol. The molecule has 0 radical (unpaired) electrons. The van der Waals surface area contributed by atoms with Gasteiger partial charge in [-0.1, -0.05) is 17.7 Å². The first-order valence-electron chi connectivity index (χ1n) is 5.34. The summed E-state index contributed by atoms with van der Waals surface area (Å²) in [6.45, 7) is 3.08. The van der Waals surface area contributed by atoms with Gasteiger partial charge in [0.25, 0.3) is 0 Å². The van der Waals surface area contributed by atoms with Crippen LogP contribution in [0.2, 0.25) is 5.02 Å². The average Bonchev–Trinajstić information content (AvgIpc) is 2.44. The van der Waals surface area contributed by atoms with Crippen molar-refractivity contribution in [3.8, 4) is 0 Å². The number of hydrogen-bond donors (Lipinski definition) is 1. The van der Waals surface area contributed by atoms with E-state index in [1.165, 1.54) is 11.3 Å². The summed E-state index contributed by atoms with van der Waals surface area (Å²) in [6, 6.07) is 6.33. The maximum Gasteiger partial charge on any atom is 0.0462 e. The molecule has 2 atom stereocenters. The second-order valence-electron chi connectivity index (χ2n) is 4.46. The van der Waals surface area contributed by atoms with E-state index < -0.39 is 0 Å². The van der Waals surface area contributed by atoms with Crippen molar-refractivity contribution in [1.29, 1.82) is 0 Å². The number of halogens is 1. The highest BCUT2D eigenvalue weighted by molar-refractivity contribution is 6.32. The molecule has 0 saturated heterocycles. The lowest BCUT2D eigenvalue weighted by molar-refractivity contribution is 0.572. The molecule has 82 valence electrons. The Hall–Kier alpha value is -0.730. The van der Waals surface area contributed by atoms with Gasteiger partial charge < -0.3 is 10.6 Å². The molecule has 0 spiro atoms. The zero-order valence-electron chi connectivity index (χ0n) is 9.20. The monoisotopic (exact) mass is 224 g/mol. The van der Waals surface area contributed by atoms with Crippen LogP contribution in [-0.4, -0.2) is 19.6 Å². The van der Waals surface area contributed by atoms with Crippen LogP contribution >= 0.6 is 11.6 Å². The Morgan fingerprint density at radius 1 is 1.60 bits per heavy atom. The van der Waals surface area contributed by atoms with Gasteiger partial charge in [-0.2, -0.15) is 0 Å². The van der Waals surface area contributed by atoms with E-state index in [2.05, 4.69) is 24.9 Å². The third kappa shape index (κ3) is 1.97. The molecule has 0 saturated carbocycles. The molecule has 2 N–H and O–H groups in total. The summed E-state index contributed by atoms with van der Waals surface area (Å²) in [7, 11) is 2.11. The van der Waals surface area contributed by atoms with Crippen LogP contribution in [0.4, 0.5) is 5.69 Å². The Morgan fingerprint density at radius 3 is 3.00 bits per heavy atom. The summed E-state index contributed by atoms with van der Waals surface area (Å²) in [4.78, 5) is 2.26. The maximum absolute atomic E-state index is 6.25. The fourth-order valence-electron chi connectivity index (χ4n) is 2.42. The lowest BCUT2D eigenvalue weighted by Gasteiger charge is -2.14. The van der Waals surface area contributed by atoms with Crippen LogP contribution in [0.1, 0.15) is 24.8 Å². The van der Waals surface area contributed by atoms with Crippen molar-refractivity contribution in [2.75, 3.05) is 18.5 Å². The number of benzene rings is 1. The van der Waals surface area contributed by atoms with E-state index in [1.54, 1.807) is 0 Å². The van der Waals surface area contributed by atoms with Crippen molar-refractivity contribution in [1.82, 2.24) is 0 Å². The topological polar surface area (TPSA) is 29.3 Å². The molecular formula is C12H17ClN2. The fraction of sp³-hybridized carbons (Fsp3) is 0.500. The van der Waals surface area contributed by atoms with E-state index in [9.17, 15) is 0 Å². The van der Waals surface area contributed by atoms with E-state index in [1.807, 2.05) is 12.1 Å². The van der Waals surface area contributed by atoms with E-state index in [4.69, 9.17) is 17.3 Å². The largest absolute Gasteiger partial charge is 0.374 e. The normalized spacial score (nSPS) is 21.6. The highest BCUT2D eigenvalue weighted by Gasteiger charge is 2.28. The van der Waals surface area contributed by atoms with E-state index in [-0.39, 0.29) is 6.04 Å². The maximum atomic E-state index is 6.25. The molecule has 1 aromatic rings. The standard InChI is InChI=1S/C12H17ClN2/c1-8(14)6-9-7-15(2)11-5-3-4-10(13)12(9)11/h3-5,8-9H,6-7,14H2,1-2H3. The number of hydrogen-bond acceptors (Lipinski definition) is 2. The van der Waals surface area contributed by atoms with Crippen LogP contribution in [0.3, 0.4) is 0 Å². The molecule has 0 bridgehead atoms. The van der Waals surface area contributed by atoms with E-state index >= 15 is 0 Å². The van der Waals surface area contributed by atoms with Crippen LogP contribution in [-0.2, 0) is 0 Å². The number of likely N-dealkylation sites (N-methyl/N-ethyl adjacent to an activating group) is 1. The lowest BCUT2D eigenvalue weighted by atomic mass is 9.95. The van der Waals surface area contributed by atoms with Crippen LogP contribution < -0.4 is 10.6 Å². The van der Waals surface area contributed by atoms with Crippen LogP contribution in [0.5, 0.6) is 0 Å². The predicted octanol–water partition coefficient (Wildman–Crippen LogP) is 2.61. The van der Waals surface area contributed by atoms with Crippen LogP contribution in [0.15, 0.2) is 18.2 Å². The minimum absolute atomic E-state index is 0.227. The van der Waals surface area contributed by atoms with Gasteiger partial charge in [0, 0.05) is 36.3 Å². The molecule has 2 unspecified atom stereocenters. The number of fused-ring (bicyclic) bond motifs is 1. The minimum atomic E-state index is 0.227. The fourth-order valence-corrected chi connectivity index (χ4v) is 2.75. The predicted molar refractivity (Wildman–Crippen MR) is 65.7 cm³/mol. The smallest absolute Gasteiger partial charge is 0.0462 e. The summed E-state index contributed by atoms with van der Waals surface area (Å²) in [5, 5.41) is 0.877. The molecule has 15 heavy (non-hydrogen) atoms. The zero-order chi connectivity index (χ0) is 11.0. The van der Waals surface area contributed by atoms with Gasteiger partial charge in [0.1, 0.15) is 0 Å². The third-order valence-corrected chi connectivity index (χ3v) is 3.33. The van der Waals surface area contributed by atoms with Gasteiger partial charge >= 0.3 is 0 Å². The van der Waals surface area contributed by atoms with Gasteiger partial charge in [0.2, 0.25) is 0 Å². The summed E-state index contributed by atoms with van der Waals surface area (Å²) in [6.07, 6.45) is 1.00. The Kier molecular flexibility index (Phi) is 2.89.